The molecule has 3 atom stereocenters. The summed E-state index contributed by atoms with van der Waals surface area (Å²) in [5.74, 6) is -0.922. The van der Waals surface area contributed by atoms with Gasteiger partial charge in [-0.3, -0.25) is 18.8 Å². The molecule has 1 unspecified atom stereocenters. The fraction of sp³-hybridized carbons (Fsp3) is 0.333. The second-order valence-corrected chi connectivity index (χ2v) is 13.7. The molecule has 3 aromatic heterocycles. The van der Waals surface area contributed by atoms with E-state index in [1.54, 1.807) is 25.2 Å². The number of pyridine rings is 1. The molecule has 6 rings (SSSR count). The largest absolute Gasteiger partial charge is 0.372 e. The van der Waals surface area contributed by atoms with Gasteiger partial charge in [0.25, 0.3) is 5.56 Å². The van der Waals surface area contributed by atoms with Crippen molar-refractivity contribution in [3.63, 3.8) is 0 Å². The van der Waals surface area contributed by atoms with Crippen LogP contribution in [0.25, 0.3) is 27.6 Å². The van der Waals surface area contributed by atoms with Gasteiger partial charge in [-0.25, -0.2) is 27.2 Å². The average molecular weight is 673 g/mol. The van der Waals surface area contributed by atoms with E-state index in [0.29, 0.717) is 24.4 Å². The van der Waals surface area contributed by atoms with E-state index in [2.05, 4.69) is 14.7 Å². The molecule has 0 radical (unpaired) electrons. The predicted molar refractivity (Wildman–Crippen MR) is 172 cm³/mol. The monoisotopic (exact) mass is 672 g/mol. The Morgan fingerprint density at radius 1 is 1.09 bits per heavy atom. The van der Waals surface area contributed by atoms with Crippen LogP contribution in [-0.4, -0.2) is 64.3 Å². The van der Waals surface area contributed by atoms with E-state index in [4.69, 9.17) is 32.0 Å². The Balaban J connectivity index is 1.59. The number of aromatic nitrogens is 5. The van der Waals surface area contributed by atoms with E-state index in [1.165, 1.54) is 15.3 Å². The molecule has 242 valence electrons. The number of rotatable bonds is 7. The maximum absolute atomic E-state index is 14.4. The summed E-state index contributed by atoms with van der Waals surface area (Å²) in [5.41, 5.74) is 7.12. The van der Waals surface area contributed by atoms with Gasteiger partial charge < -0.3 is 15.4 Å². The Morgan fingerprint density at radius 2 is 1.76 bits per heavy atom. The second kappa shape index (κ2) is 11.9. The summed E-state index contributed by atoms with van der Waals surface area (Å²) in [4.78, 5) is 25.9. The standard InChI is InChI=1S/C30H31ClF2N8O4S/c1-15-13-40(14-16(2)45-15)24-8-5-20-27(35-24)36-29(22(34)11-17-9-18(32)12-19(33)10-17)41(30(20)42)23-7-6-21(31)25-26(23)39(3)37-28(25)38-46(4,43)44/h5-10,12,15-16,22H,11,13-14,34H2,1-4H3,(H,37,38)/t15-,16+,22?. The van der Waals surface area contributed by atoms with E-state index in [1.807, 2.05) is 13.8 Å². The summed E-state index contributed by atoms with van der Waals surface area (Å²) in [7, 11) is -2.17. The molecule has 3 N–H and O–H groups in total. The SMILES string of the molecule is C[C@@H]1CN(c2ccc3c(=O)n(-c4ccc(Cl)c5c(NS(C)(=O)=O)nn(C)c45)c(C(N)Cc4cc(F)cc(F)c4)nc3n2)C[C@H](C)O1. The molecule has 12 nitrogen and oxygen atoms in total. The van der Waals surface area contributed by atoms with Crippen LogP contribution in [0.4, 0.5) is 20.4 Å². The van der Waals surface area contributed by atoms with Gasteiger partial charge in [-0.1, -0.05) is 11.6 Å². The van der Waals surface area contributed by atoms with Crippen LogP contribution < -0.4 is 20.9 Å². The molecule has 16 heteroatoms. The quantitative estimate of drug-likeness (QED) is 0.263. The number of fused-ring (bicyclic) bond motifs is 2. The van der Waals surface area contributed by atoms with Gasteiger partial charge >= 0.3 is 0 Å². The minimum atomic E-state index is -3.74. The van der Waals surface area contributed by atoms with Crippen LogP contribution in [0.15, 0.2) is 47.3 Å². The lowest BCUT2D eigenvalue weighted by Crippen LogP contribution is -2.45. The summed E-state index contributed by atoms with van der Waals surface area (Å²) in [6.45, 7) is 5.11. The first-order valence-electron chi connectivity index (χ1n) is 14.4. The highest BCUT2D eigenvalue weighted by atomic mass is 35.5. The predicted octanol–water partition coefficient (Wildman–Crippen LogP) is 3.83. The fourth-order valence-corrected chi connectivity index (χ4v) is 6.69. The Hall–Kier alpha value is -4.18. The zero-order valence-electron chi connectivity index (χ0n) is 25.3. The van der Waals surface area contributed by atoms with Gasteiger partial charge in [0.15, 0.2) is 11.5 Å². The third kappa shape index (κ3) is 6.15. The molecule has 0 amide bonds. The van der Waals surface area contributed by atoms with Gasteiger partial charge in [-0.15, -0.1) is 0 Å². The van der Waals surface area contributed by atoms with Crippen molar-refractivity contribution in [2.75, 3.05) is 29.0 Å². The first-order chi connectivity index (χ1) is 21.7. The van der Waals surface area contributed by atoms with E-state index < -0.39 is 33.3 Å². The number of nitrogens with one attached hydrogen (secondary N) is 1. The number of hydrogen-bond acceptors (Lipinski definition) is 9. The molecule has 1 aliphatic rings. The zero-order valence-corrected chi connectivity index (χ0v) is 26.9. The number of morpholine rings is 1. The molecule has 1 aliphatic heterocycles. The Bertz CT molecular complexity index is 2140. The van der Waals surface area contributed by atoms with Crippen molar-refractivity contribution < 1.29 is 21.9 Å². The smallest absolute Gasteiger partial charge is 0.267 e. The van der Waals surface area contributed by atoms with Crippen molar-refractivity contribution >= 4 is 55.2 Å². The Kier molecular flexibility index (Phi) is 8.21. The third-order valence-corrected chi connectivity index (χ3v) is 8.51. The number of nitrogens with zero attached hydrogens (tertiary/aromatic N) is 6. The van der Waals surface area contributed by atoms with Crippen molar-refractivity contribution in [2.45, 2.75) is 38.5 Å². The number of sulfonamides is 1. The molecule has 0 bridgehead atoms. The number of hydrogen-bond donors (Lipinski definition) is 2. The number of benzene rings is 2. The van der Waals surface area contributed by atoms with E-state index in [9.17, 15) is 22.0 Å². The lowest BCUT2D eigenvalue weighted by molar-refractivity contribution is -0.00544. The molecular weight excluding hydrogens is 642 g/mol. The van der Waals surface area contributed by atoms with Crippen molar-refractivity contribution in [3.8, 4) is 5.69 Å². The van der Waals surface area contributed by atoms with Gasteiger partial charge in [0.2, 0.25) is 10.0 Å². The number of anilines is 2. The fourth-order valence-electron chi connectivity index (χ4n) is 5.96. The lowest BCUT2D eigenvalue weighted by Gasteiger charge is -2.36. The Morgan fingerprint density at radius 3 is 2.41 bits per heavy atom. The summed E-state index contributed by atoms with van der Waals surface area (Å²) in [5, 5.41) is 4.93. The van der Waals surface area contributed by atoms with E-state index in [-0.39, 0.29) is 63.0 Å². The zero-order chi connectivity index (χ0) is 33.1. The van der Waals surface area contributed by atoms with Crippen LogP contribution in [-0.2, 0) is 28.2 Å². The average Bonchev–Trinajstić information content (AvgIpc) is 3.27. The highest BCUT2D eigenvalue weighted by molar-refractivity contribution is 7.92. The van der Waals surface area contributed by atoms with Crippen molar-refractivity contribution in [3.05, 3.63) is 80.9 Å². The van der Waals surface area contributed by atoms with Gasteiger partial charge in [0.05, 0.1) is 51.5 Å². The van der Waals surface area contributed by atoms with Gasteiger partial charge in [-0.05, 0) is 62.2 Å². The number of ether oxygens (including phenoxy) is 1. The number of aryl methyl sites for hydroxylation is 1. The highest BCUT2D eigenvalue weighted by Crippen LogP contribution is 2.35. The van der Waals surface area contributed by atoms with Crippen molar-refractivity contribution in [1.29, 1.82) is 0 Å². The van der Waals surface area contributed by atoms with Crippen molar-refractivity contribution in [2.24, 2.45) is 12.8 Å². The van der Waals surface area contributed by atoms with Gasteiger partial charge in [-0.2, -0.15) is 5.10 Å². The highest BCUT2D eigenvalue weighted by Gasteiger charge is 2.27. The van der Waals surface area contributed by atoms with Gasteiger partial charge in [0.1, 0.15) is 23.3 Å². The third-order valence-electron chi connectivity index (χ3n) is 7.64. The molecule has 1 saturated heterocycles. The maximum Gasteiger partial charge on any atom is 0.267 e. The van der Waals surface area contributed by atoms with Crippen LogP contribution in [0.2, 0.25) is 5.02 Å². The first-order valence-corrected chi connectivity index (χ1v) is 16.6. The van der Waals surface area contributed by atoms with Crippen LogP contribution in [0, 0.1) is 11.6 Å². The van der Waals surface area contributed by atoms with Gasteiger partial charge in [0, 0.05) is 26.2 Å². The van der Waals surface area contributed by atoms with Crippen molar-refractivity contribution in [1.82, 2.24) is 24.3 Å². The molecule has 0 saturated carbocycles. The molecule has 2 aromatic carbocycles. The molecule has 1 fully saturated rings. The minimum Gasteiger partial charge on any atom is -0.372 e. The lowest BCUT2D eigenvalue weighted by atomic mass is 10.0. The van der Waals surface area contributed by atoms with E-state index >= 15 is 0 Å². The molecule has 46 heavy (non-hydrogen) atoms. The second-order valence-electron chi connectivity index (χ2n) is 11.5. The van der Waals surface area contributed by atoms with Crippen LogP contribution in [0.5, 0.6) is 0 Å². The molecule has 0 spiro atoms. The summed E-state index contributed by atoms with van der Waals surface area (Å²) in [6.07, 6.45) is 0.833. The summed E-state index contributed by atoms with van der Waals surface area (Å²) < 4.78 is 63.3. The number of halogens is 3. The topological polar surface area (TPSA) is 150 Å². The maximum atomic E-state index is 14.4. The van der Waals surface area contributed by atoms with Crippen LogP contribution >= 0.6 is 11.6 Å². The molecule has 5 aromatic rings. The summed E-state index contributed by atoms with van der Waals surface area (Å²) in [6, 6.07) is 8.49. The first kappa shape index (κ1) is 31.8. The minimum absolute atomic E-state index is 0.0324. The molecule has 4 heterocycles. The summed E-state index contributed by atoms with van der Waals surface area (Å²) >= 11 is 6.54. The van der Waals surface area contributed by atoms with Crippen LogP contribution in [0.1, 0.15) is 31.3 Å². The van der Waals surface area contributed by atoms with E-state index in [0.717, 1.165) is 24.5 Å². The normalized spacial score (nSPS) is 18.0. The van der Waals surface area contributed by atoms with Crippen LogP contribution in [0.3, 0.4) is 0 Å². The molecule has 0 aliphatic carbocycles. The molecular formula is C30H31ClF2N8O4S. The number of nitrogens with two attached hydrogens (primary N) is 1. The Labute approximate surface area is 267 Å².